The van der Waals surface area contributed by atoms with Gasteiger partial charge >= 0.3 is 0 Å². The lowest BCUT2D eigenvalue weighted by atomic mass is 9.91. The van der Waals surface area contributed by atoms with Gasteiger partial charge in [-0.1, -0.05) is 13.3 Å². The van der Waals surface area contributed by atoms with Gasteiger partial charge in [0.25, 0.3) is 0 Å². The first-order valence-corrected chi connectivity index (χ1v) is 6.05. The van der Waals surface area contributed by atoms with Gasteiger partial charge in [0, 0.05) is 12.8 Å². The molecule has 0 aromatic rings. The Morgan fingerprint density at radius 1 is 1.29 bits per heavy atom. The number of carbonyl (C=O) groups is 1. The van der Waals surface area contributed by atoms with E-state index in [1.165, 1.54) is 12.8 Å². The Hall–Kier alpha value is -0.370. The molecule has 1 N–H and O–H groups in total. The zero-order valence-electron chi connectivity index (χ0n) is 9.35. The van der Waals surface area contributed by atoms with Gasteiger partial charge in [0.15, 0.2) is 0 Å². The van der Waals surface area contributed by atoms with E-state index in [2.05, 4.69) is 12.2 Å². The molecule has 0 radical (unpaired) electrons. The average molecular weight is 197 g/mol. The van der Waals surface area contributed by atoms with Gasteiger partial charge in [0.2, 0.25) is 0 Å². The van der Waals surface area contributed by atoms with Crippen molar-refractivity contribution in [3.05, 3.63) is 0 Å². The quantitative estimate of drug-likeness (QED) is 0.709. The van der Waals surface area contributed by atoms with Gasteiger partial charge in [-0.3, -0.25) is 4.79 Å². The Labute approximate surface area is 87.5 Å². The van der Waals surface area contributed by atoms with Crippen molar-refractivity contribution in [2.24, 2.45) is 5.92 Å². The van der Waals surface area contributed by atoms with E-state index in [1.54, 1.807) is 0 Å². The summed E-state index contributed by atoms with van der Waals surface area (Å²) in [4.78, 5) is 11.4. The first kappa shape index (κ1) is 11.7. The van der Waals surface area contributed by atoms with Crippen molar-refractivity contribution in [3.63, 3.8) is 0 Å². The summed E-state index contributed by atoms with van der Waals surface area (Å²) in [5.74, 6) is 1.28. The Kier molecular flexibility index (Phi) is 5.85. The molecule has 0 saturated carbocycles. The SMILES string of the molecule is CCCCC(=O)CCC1CCNCC1. The summed E-state index contributed by atoms with van der Waals surface area (Å²) in [5, 5.41) is 3.35. The summed E-state index contributed by atoms with van der Waals surface area (Å²) in [6, 6.07) is 0. The average Bonchev–Trinajstić information content (AvgIpc) is 2.25. The van der Waals surface area contributed by atoms with Crippen molar-refractivity contribution in [2.45, 2.75) is 51.9 Å². The normalized spacial score (nSPS) is 18.4. The number of unbranched alkanes of at least 4 members (excludes halogenated alkanes) is 1. The van der Waals surface area contributed by atoms with Crippen LogP contribution in [0, 0.1) is 5.92 Å². The summed E-state index contributed by atoms with van der Waals surface area (Å²) >= 11 is 0. The van der Waals surface area contributed by atoms with Crippen LogP contribution in [-0.2, 0) is 4.79 Å². The standard InChI is InChI=1S/C12H23NO/c1-2-3-4-12(14)6-5-11-7-9-13-10-8-11/h11,13H,2-10H2,1H3. The van der Waals surface area contributed by atoms with Crippen molar-refractivity contribution < 1.29 is 4.79 Å². The number of carbonyl (C=O) groups excluding carboxylic acids is 1. The van der Waals surface area contributed by atoms with Gasteiger partial charge in [0.1, 0.15) is 5.78 Å². The fraction of sp³-hybridized carbons (Fsp3) is 0.917. The Bertz CT molecular complexity index is 162. The molecule has 1 saturated heterocycles. The van der Waals surface area contributed by atoms with E-state index in [4.69, 9.17) is 0 Å². The molecule has 1 fully saturated rings. The van der Waals surface area contributed by atoms with Crippen LogP contribution in [0.2, 0.25) is 0 Å². The van der Waals surface area contributed by atoms with Gasteiger partial charge in [0.05, 0.1) is 0 Å². The van der Waals surface area contributed by atoms with Crippen LogP contribution in [-0.4, -0.2) is 18.9 Å². The number of hydrogen-bond acceptors (Lipinski definition) is 2. The lowest BCUT2D eigenvalue weighted by molar-refractivity contribution is -0.119. The number of hydrogen-bond donors (Lipinski definition) is 1. The zero-order valence-corrected chi connectivity index (χ0v) is 9.35. The number of nitrogens with one attached hydrogen (secondary N) is 1. The van der Waals surface area contributed by atoms with Crippen molar-refractivity contribution in [1.29, 1.82) is 0 Å². The number of rotatable bonds is 6. The smallest absolute Gasteiger partial charge is 0.132 e. The minimum Gasteiger partial charge on any atom is -0.317 e. The van der Waals surface area contributed by atoms with Gasteiger partial charge in [-0.05, 0) is 44.7 Å². The van der Waals surface area contributed by atoms with Crippen molar-refractivity contribution >= 4 is 5.78 Å². The molecule has 2 nitrogen and oxygen atoms in total. The van der Waals surface area contributed by atoms with E-state index >= 15 is 0 Å². The molecule has 1 aliphatic heterocycles. The molecule has 0 unspecified atom stereocenters. The van der Waals surface area contributed by atoms with Crippen LogP contribution < -0.4 is 5.32 Å². The molecule has 1 aliphatic rings. The summed E-state index contributed by atoms with van der Waals surface area (Å²) in [7, 11) is 0. The highest BCUT2D eigenvalue weighted by Crippen LogP contribution is 2.18. The number of Topliss-reactive ketones (excluding diaryl/α,β-unsaturated/α-hetero) is 1. The van der Waals surface area contributed by atoms with Crippen LogP contribution in [0.25, 0.3) is 0 Å². The van der Waals surface area contributed by atoms with Gasteiger partial charge in [-0.2, -0.15) is 0 Å². The molecule has 1 heterocycles. The first-order valence-electron chi connectivity index (χ1n) is 6.05. The molecule has 0 bridgehead atoms. The van der Waals surface area contributed by atoms with E-state index in [9.17, 15) is 4.79 Å². The molecular formula is C12H23NO. The molecule has 0 amide bonds. The molecule has 0 aromatic carbocycles. The Morgan fingerprint density at radius 2 is 2.00 bits per heavy atom. The van der Waals surface area contributed by atoms with Crippen molar-refractivity contribution in [3.8, 4) is 0 Å². The lowest BCUT2D eigenvalue weighted by Gasteiger charge is -2.21. The van der Waals surface area contributed by atoms with Crippen LogP contribution in [0.1, 0.15) is 51.9 Å². The fourth-order valence-electron chi connectivity index (χ4n) is 2.03. The highest BCUT2D eigenvalue weighted by molar-refractivity contribution is 5.78. The van der Waals surface area contributed by atoms with Crippen LogP contribution in [0.4, 0.5) is 0 Å². The predicted octanol–water partition coefficient (Wildman–Crippen LogP) is 2.53. The molecule has 0 aliphatic carbocycles. The summed E-state index contributed by atoms with van der Waals surface area (Å²) in [6.45, 7) is 4.43. The van der Waals surface area contributed by atoms with Crippen molar-refractivity contribution in [2.75, 3.05) is 13.1 Å². The third-order valence-electron chi connectivity index (χ3n) is 3.10. The highest BCUT2D eigenvalue weighted by Gasteiger charge is 2.13. The highest BCUT2D eigenvalue weighted by atomic mass is 16.1. The summed E-state index contributed by atoms with van der Waals surface area (Å²) < 4.78 is 0. The molecule has 0 spiro atoms. The van der Waals surface area contributed by atoms with Crippen molar-refractivity contribution in [1.82, 2.24) is 5.32 Å². The maximum absolute atomic E-state index is 11.4. The minimum atomic E-state index is 0.477. The molecular weight excluding hydrogens is 174 g/mol. The number of piperidine rings is 1. The Morgan fingerprint density at radius 3 is 2.64 bits per heavy atom. The van der Waals surface area contributed by atoms with E-state index < -0.39 is 0 Å². The van der Waals surface area contributed by atoms with Crippen LogP contribution in [0.3, 0.4) is 0 Å². The van der Waals surface area contributed by atoms with Gasteiger partial charge < -0.3 is 5.32 Å². The topological polar surface area (TPSA) is 29.1 Å². The second-order valence-corrected chi connectivity index (χ2v) is 4.37. The second-order valence-electron chi connectivity index (χ2n) is 4.37. The predicted molar refractivity (Wildman–Crippen MR) is 59.4 cm³/mol. The maximum Gasteiger partial charge on any atom is 0.132 e. The molecule has 14 heavy (non-hydrogen) atoms. The van der Waals surface area contributed by atoms with E-state index in [-0.39, 0.29) is 0 Å². The third-order valence-corrected chi connectivity index (χ3v) is 3.10. The third kappa shape index (κ3) is 4.75. The minimum absolute atomic E-state index is 0.477. The lowest BCUT2D eigenvalue weighted by Crippen LogP contribution is -2.27. The largest absolute Gasteiger partial charge is 0.317 e. The monoisotopic (exact) mass is 197 g/mol. The molecule has 82 valence electrons. The van der Waals surface area contributed by atoms with Gasteiger partial charge in [-0.15, -0.1) is 0 Å². The molecule has 0 atom stereocenters. The van der Waals surface area contributed by atoms with Gasteiger partial charge in [-0.25, -0.2) is 0 Å². The molecule has 1 rings (SSSR count). The van der Waals surface area contributed by atoms with Crippen LogP contribution >= 0.6 is 0 Å². The van der Waals surface area contributed by atoms with Crippen LogP contribution in [0.15, 0.2) is 0 Å². The number of ketones is 1. The first-order chi connectivity index (χ1) is 6.83. The second kappa shape index (κ2) is 6.99. The Balaban J connectivity index is 2.03. The zero-order chi connectivity index (χ0) is 10.2. The molecule has 2 heteroatoms. The maximum atomic E-state index is 11.4. The van der Waals surface area contributed by atoms with E-state index in [0.717, 1.165) is 51.1 Å². The summed E-state index contributed by atoms with van der Waals surface area (Å²) in [5.41, 5.74) is 0. The van der Waals surface area contributed by atoms with Crippen LogP contribution in [0.5, 0.6) is 0 Å². The molecule has 0 aromatic heterocycles. The summed E-state index contributed by atoms with van der Waals surface area (Å²) in [6.07, 6.45) is 7.50. The fourth-order valence-corrected chi connectivity index (χ4v) is 2.03. The van der Waals surface area contributed by atoms with E-state index in [1.807, 2.05) is 0 Å². The van der Waals surface area contributed by atoms with E-state index in [0.29, 0.717) is 5.78 Å².